The molecule has 0 amide bonds. The number of rotatable bonds is 12. The molecule has 0 saturated carbocycles. The van der Waals surface area contributed by atoms with Crippen LogP contribution in [0.3, 0.4) is 0 Å². The summed E-state index contributed by atoms with van der Waals surface area (Å²) in [6.45, 7) is 9.41. The normalized spacial score (nSPS) is 14.8. The van der Waals surface area contributed by atoms with Crippen molar-refractivity contribution in [3.05, 3.63) is 0 Å². The Morgan fingerprint density at radius 3 is 1.76 bits per heavy atom. The highest BCUT2D eigenvalue weighted by Crippen LogP contribution is 2.26. The Labute approximate surface area is 111 Å². The quantitative estimate of drug-likeness (QED) is 0.338. The van der Waals surface area contributed by atoms with Crippen LogP contribution in [-0.2, 0) is 0 Å². The van der Waals surface area contributed by atoms with Crippen molar-refractivity contribution in [2.45, 2.75) is 98.3 Å². The molecule has 0 aliphatic carbocycles. The zero-order valence-corrected chi connectivity index (χ0v) is 12.9. The first kappa shape index (κ1) is 17.0. The van der Waals surface area contributed by atoms with Crippen LogP contribution >= 0.6 is 0 Å². The van der Waals surface area contributed by atoms with Gasteiger partial charge in [-0.2, -0.15) is 0 Å². The van der Waals surface area contributed by atoms with Crippen molar-refractivity contribution in [2.24, 2.45) is 11.8 Å². The summed E-state index contributed by atoms with van der Waals surface area (Å²) in [5.41, 5.74) is 0. The Kier molecular flexibility index (Phi) is 12.5. The zero-order valence-electron chi connectivity index (χ0n) is 12.9. The topological polar surface area (TPSA) is 0 Å². The molecule has 0 saturated heterocycles. The Morgan fingerprint density at radius 1 is 0.647 bits per heavy atom. The summed E-state index contributed by atoms with van der Waals surface area (Å²) in [5, 5.41) is 0. The average Bonchev–Trinajstić information content (AvgIpc) is 2.33. The Morgan fingerprint density at radius 2 is 1.18 bits per heavy atom. The van der Waals surface area contributed by atoms with Crippen LogP contribution in [0.4, 0.5) is 0 Å². The van der Waals surface area contributed by atoms with E-state index in [4.69, 9.17) is 0 Å². The van der Waals surface area contributed by atoms with Gasteiger partial charge in [0.1, 0.15) is 0 Å². The Hall–Kier alpha value is 0. The minimum Gasteiger partial charge on any atom is -0.0654 e. The molecule has 0 aliphatic heterocycles. The van der Waals surface area contributed by atoms with Gasteiger partial charge in [-0.15, -0.1) is 0 Å². The van der Waals surface area contributed by atoms with E-state index in [1.54, 1.807) is 0 Å². The minimum atomic E-state index is 0.957. The molecule has 0 N–H and O–H groups in total. The van der Waals surface area contributed by atoms with E-state index < -0.39 is 0 Å². The summed E-state index contributed by atoms with van der Waals surface area (Å²) in [5.74, 6) is 1.98. The van der Waals surface area contributed by atoms with Crippen molar-refractivity contribution in [1.82, 2.24) is 0 Å². The van der Waals surface area contributed by atoms with Crippen LogP contribution in [0.5, 0.6) is 0 Å². The van der Waals surface area contributed by atoms with Gasteiger partial charge in [-0.25, -0.2) is 0 Å². The van der Waals surface area contributed by atoms with Gasteiger partial charge in [0.05, 0.1) is 0 Å². The molecule has 0 aromatic rings. The fourth-order valence-corrected chi connectivity index (χ4v) is 2.80. The molecular formula is C17H36. The summed E-state index contributed by atoms with van der Waals surface area (Å²) in [6, 6.07) is 0. The smallest absolute Gasteiger partial charge is 0.0412 e. The standard InChI is InChI=1S/C17H36/c1-5-8-11-14-17(13-10-7-3)15-16(4)12-9-6-2/h16-17H,5-15H2,1-4H3. The van der Waals surface area contributed by atoms with Crippen molar-refractivity contribution in [2.75, 3.05) is 0 Å². The minimum absolute atomic E-state index is 0.957. The fourth-order valence-electron chi connectivity index (χ4n) is 2.80. The summed E-state index contributed by atoms with van der Waals surface area (Å²) >= 11 is 0. The first-order chi connectivity index (χ1) is 8.24. The molecule has 0 aromatic carbocycles. The van der Waals surface area contributed by atoms with Crippen LogP contribution in [0.2, 0.25) is 0 Å². The SMILES string of the molecule is CCCCCC(CCCC)CC(C)CCCC. The predicted octanol–water partition coefficient (Wildman–Crippen LogP) is 6.59. The molecular weight excluding hydrogens is 204 g/mol. The van der Waals surface area contributed by atoms with Crippen molar-refractivity contribution in [3.63, 3.8) is 0 Å². The van der Waals surface area contributed by atoms with Crippen LogP contribution in [0, 0.1) is 11.8 Å². The molecule has 0 heterocycles. The molecule has 0 spiro atoms. The third-order valence-electron chi connectivity index (χ3n) is 3.97. The van der Waals surface area contributed by atoms with Gasteiger partial charge in [0.2, 0.25) is 0 Å². The van der Waals surface area contributed by atoms with E-state index in [-0.39, 0.29) is 0 Å². The van der Waals surface area contributed by atoms with Crippen LogP contribution in [-0.4, -0.2) is 0 Å². The van der Waals surface area contributed by atoms with Gasteiger partial charge in [-0.1, -0.05) is 91.9 Å². The van der Waals surface area contributed by atoms with E-state index in [0.717, 1.165) is 11.8 Å². The first-order valence-electron chi connectivity index (χ1n) is 8.24. The third kappa shape index (κ3) is 10.9. The molecule has 0 aliphatic rings. The van der Waals surface area contributed by atoms with Gasteiger partial charge in [-0.3, -0.25) is 0 Å². The molecule has 0 radical (unpaired) electrons. The van der Waals surface area contributed by atoms with Crippen LogP contribution in [0.1, 0.15) is 98.3 Å². The molecule has 104 valence electrons. The lowest BCUT2D eigenvalue weighted by Crippen LogP contribution is -2.07. The molecule has 0 heteroatoms. The molecule has 2 unspecified atom stereocenters. The van der Waals surface area contributed by atoms with E-state index in [0.29, 0.717) is 0 Å². The highest BCUT2D eigenvalue weighted by atomic mass is 14.2. The van der Waals surface area contributed by atoms with E-state index >= 15 is 0 Å². The monoisotopic (exact) mass is 240 g/mol. The van der Waals surface area contributed by atoms with E-state index in [1.807, 2.05) is 0 Å². The summed E-state index contributed by atoms with van der Waals surface area (Å²) in [7, 11) is 0. The van der Waals surface area contributed by atoms with Gasteiger partial charge >= 0.3 is 0 Å². The van der Waals surface area contributed by atoms with E-state index in [1.165, 1.54) is 70.6 Å². The molecule has 0 nitrogen and oxygen atoms in total. The summed E-state index contributed by atoms with van der Waals surface area (Å²) < 4.78 is 0. The van der Waals surface area contributed by atoms with Crippen molar-refractivity contribution >= 4 is 0 Å². The van der Waals surface area contributed by atoms with E-state index in [9.17, 15) is 0 Å². The summed E-state index contributed by atoms with van der Waals surface area (Å²) in [6.07, 6.45) is 15.8. The number of hydrogen-bond donors (Lipinski definition) is 0. The lowest BCUT2D eigenvalue weighted by molar-refractivity contribution is 0.318. The Bertz CT molecular complexity index is 139. The van der Waals surface area contributed by atoms with Crippen molar-refractivity contribution < 1.29 is 0 Å². The van der Waals surface area contributed by atoms with Crippen molar-refractivity contribution in [3.8, 4) is 0 Å². The Balaban J connectivity index is 3.81. The molecule has 2 atom stereocenters. The van der Waals surface area contributed by atoms with Gasteiger partial charge < -0.3 is 0 Å². The largest absolute Gasteiger partial charge is 0.0654 e. The molecule has 0 bridgehead atoms. The highest BCUT2D eigenvalue weighted by molar-refractivity contribution is 4.65. The maximum absolute atomic E-state index is 2.47. The van der Waals surface area contributed by atoms with Crippen LogP contribution in [0.15, 0.2) is 0 Å². The highest BCUT2D eigenvalue weighted by Gasteiger charge is 2.12. The second-order valence-corrected chi connectivity index (χ2v) is 5.99. The second kappa shape index (κ2) is 12.5. The fraction of sp³-hybridized carbons (Fsp3) is 1.00. The van der Waals surface area contributed by atoms with Crippen LogP contribution in [0.25, 0.3) is 0 Å². The van der Waals surface area contributed by atoms with Crippen molar-refractivity contribution in [1.29, 1.82) is 0 Å². The predicted molar refractivity (Wildman–Crippen MR) is 80.5 cm³/mol. The molecule has 0 fully saturated rings. The van der Waals surface area contributed by atoms with E-state index in [2.05, 4.69) is 27.7 Å². The molecule has 0 rings (SSSR count). The lowest BCUT2D eigenvalue weighted by Gasteiger charge is -2.21. The van der Waals surface area contributed by atoms with Gasteiger partial charge in [0.25, 0.3) is 0 Å². The maximum atomic E-state index is 2.47. The van der Waals surface area contributed by atoms with Gasteiger partial charge in [0.15, 0.2) is 0 Å². The van der Waals surface area contributed by atoms with Gasteiger partial charge in [0, 0.05) is 0 Å². The van der Waals surface area contributed by atoms with Gasteiger partial charge in [-0.05, 0) is 18.3 Å². The maximum Gasteiger partial charge on any atom is -0.0412 e. The zero-order chi connectivity index (χ0) is 12.9. The third-order valence-corrected chi connectivity index (χ3v) is 3.97. The molecule has 0 aromatic heterocycles. The summed E-state index contributed by atoms with van der Waals surface area (Å²) in [4.78, 5) is 0. The number of hydrogen-bond acceptors (Lipinski definition) is 0. The van der Waals surface area contributed by atoms with Crippen LogP contribution < -0.4 is 0 Å². The lowest BCUT2D eigenvalue weighted by atomic mass is 9.85. The number of unbranched alkanes of at least 4 members (excludes halogenated alkanes) is 4. The average molecular weight is 240 g/mol. The first-order valence-corrected chi connectivity index (χ1v) is 8.24. The second-order valence-electron chi connectivity index (χ2n) is 5.99. The molecule has 17 heavy (non-hydrogen) atoms.